The van der Waals surface area contributed by atoms with Crippen LogP contribution in [0.5, 0.6) is 0 Å². The summed E-state index contributed by atoms with van der Waals surface area (Å²) >= 11 is 0. The van der Waals surface area contributed by atoms with Gasteiger partial charge in [0.2, 0.25) is 0 Å². The highest BCUT2D eigenvalue weighted by atomic mass is 15.5. The third kappa shape index (κ3) is 4.83. The summed E-state index contributed by atoms with van der Waals surface area (Å²) in [7, 11) is 0. The molecular weight excluding hydrogens is 308 g/mol. The number of nitrogens with two attached hydrogens (primary N) is 2. The standard InChI is InChI=1S/C21H24N4/c22-20-13-7-8-14-21(20)25(23)17-24(15-18-9-3-1-4-10-18)16-19-11-5-2-6-12-19/h1-14H,15-17,22-23H2. The molecule has 3 rings (SSSR count). The molecule has 3 aromatic rings. The molecule has 0 saturated heterocycles. The Kier molecular flexibility index (Phi) is 5.67. The van der Waals surface area contributed by atoms with Crippen molar-refractivity contribution in [3.8, 4) is 0 Å². The van der Waals surface area contributed by atoms with Gasteiger partial charge in [0, 0.05) is 13.1 Å². The monoisotopic (exact) mass is 332 g/mol. The summed E-state index contributed by atoms with van der Waals surface area (Å²) in [6, 6.07) is 28.5. The molecule has 0 spiro atoms. The zero-order valence-corrected chi connectivity index (χ0v) is 14.3. The van der Waals surface area contributed by atoms with Crippen LogP contribution in [0, 0.1) is 0 Å². The summed E-state index contributed by atoms with van der Waals surface area (Å²) in [6.07, 6.45) is 0. The number of nitrogen functional groups attached to an aromatic ring is 1. The summed E-state index contributed by atoms with van der Waals surface area (Å²) in [5.41, 5.74) is 10.1. The lowest BCUT2D eigenvalue weighted by Gasteiger charge is -2.29. The number of anilines is 2. The summed E-state index contributed by atoms with van der Waals surface area (Å²) < 4.78 is 0. The maximum absolute atomic E-state index is 6.32. The Labute approximate surface area is 149 Å². The Morgan fingerprint density at radius 1 is 0.640 bits per heavy atom. The molecular formula is C21H24N4. The number of rotatable bonds is 7. The van der Waals surface area contributed by atoms with E-state index in [4.69, 9.17) is 11.6 Å². The van der Waals surface area contributed by atoms with Crippen molar-refractivity contribution in [1.82, 2.24) is 4.90 Å². The molecule has 0 aromatic heterocycles. The SMILES string of the molecule is Nc1ccccc1N(N)CN(Cc1ccccc1)Cc1ccccc1. The maximum Gasteiger partial charge on any atom is 0.0867 e. The van der Waals surface area contributed by atoms with E-state index in [9.17, 15) is 0 Å². The van der Waals surface area contributed by atoms with Crippen LogP contribution < -0.4 is 16.6 Å². The van der Waals surface area contributed by atoms with E-state index in [0.717, 1.165) is 18.8 Å². The number of nitrogens with zero attached hydrogens (tertiary/aromatic N) is 2. The average Bonchev–Trinajstić information content (AvgIpc) is 2.63. The van der Waals surface area contributed by atoms with Crippen LogP contribution >= 0.6 is 0 Å². The highest BCUT2D eigenvalue weighted by molar-refractivity contribution is 5.66. The van der Waals surface area contributed by atoms with Gasteiger partial charge in [0.25, 0.3) is 0 Å². The number of hydrogen-bond acceptors (Lipinski definition) is 4. The Bertz CT molecular complexity index is 733. The number of hydrazine groups is 1. The molecule has 0 aliphatic heterocycles. The summed E-state index contributed by atoms with van der Waals surface area (Å²) in [4.78, 5) is 2.30. The van der Waals surface area contributed by atoms with Gasteiger partial charge < -0.3 is 5.73 Å². The lowest BCUT2D eigenvalue weighted by Crippen LogP contribution is -2.42. The van der Waals surface area contributed by atoms with Crippen LogP contribution in [0.1, 0.15) is 11.1 Å². The fourth-order valence-electron chi connectivity index (χ4n) is 2.88. The van der Waals surface area contributed by atoms with Crippen molar-refractivity contribution in [3.63, 3.8) is 0 Å². The largest absolute Gasteiger partial charge is 0.397 e. The van der Waals surface area contributed by atoms with Crippen molar-refractivity contribution in [1.29, 1.82) is 0 Å². The van der Waals surface area contributed by atoms with Gasteiger partial charge in [-0.25, -0.2) is 5.84 Å². The quantitative estimate of drug-likeness (QED) is 0.300. The summed E-state index contributed by atoms with van der Waals surface area (Å²) in [6.45, 7) is 2.21. The smallest absolute Gasteiger partial charge is 0.0867 e. The van der Waals surface area contributed by atoms with E-state index in [1.165, 1.54) is 11.1 Å². The molecule has 25 heavy (non-hydrogen) atoms. The van der Waals surface area contributed by atoms with Gasteiger partial charge in [-0.05, 0) is 23.3 Å². The van der Waals surface area contributed by atoms with Gasteiger partial charge in [-0.1, -0.05) is 72.8 Å². The topological polar surface area (TPSA) is 58.5 Å². The molecule has 0 heterocycles. The minimum Gasteiger partial charge on any atom is -0.397 e. The van der Waals surface area contributed by atoms with E-state index in [2.05, 4.69) is 53.4 Å². The van der Waals surface area contributed by atoms with E-state index >= 15 is 0 Å². The van der Waals surface area contributed by atoms with Crippen molar-refractivity contribution in [2.75, 3.05) is 17.4 Å². The molecule has 3 aromatic carbocycles. The normalized spacial score (nSPS) is 10.8. The van der Waals surface area contributed by atoms with Crippen LogP contribution in [-0.4, -0.2) is 11.6 Å². The van der Waals surface area contributed by atoms with E-state index in [-0.39, 0.29) is 0 Å². The summed E-state index contributed by atoms with van der Waals surface area (Å²) in [5.74, 6) is 6.32. The highest BCUT2D eigenvalue weighted by Gasteiger charge is 2.12. The second-order valence-electron chi connectivity index (χ2n) is 6.13. The number of para-hydroxylation sites is 2. The molecule has 0 amide bonds. The third-order valence-electron chi connectivity index (χ3n) is 4.10. The second-order valence-corrected chi connectivity index (χ2v) is 6.13. The molecule has 4 N–H and O–H groups in total. The molecule has 4 heteroatoms. The maximum atomic E-state index is 6.32. The molecule has 0 saturated carbocycles. The van der Waals surface area contributed by atoms with Crippen LogP contribution in [0.4, 0.5) is 11.4 Å². The molecule has 0 aliphatic carbocycles. The van der Waals surface area contributed by atoms with Crippen molar-refractivity contribution >= 4 is 11.4 Å². The lowest BCUT2D eigenvalue weighted by atomic mass is 10.2. The fourth-order valence-corrected chi connectivity index (χ4v) is 2.88. The summed E-state index contributed by atoms with van der Waals surface area (Å²) in [5, 5.41) is 1.71. The van der Waals surface area contributed by atoms with Crippen molar-refractivity contribution in [3.05, 3.63) is 96.1 Å². The first kappa shape index (κ1) is 17.0. The zero-order valence-electron chi connectivity index (χ0n) is 14.3. The number of benzene rings is 3. The Morgan fingerprint density at radius 3 is 1.64 bits per heavy atom. The van der Waals surface area contributed by atoms with E-state index < -0.39 is 0 Å². The first-order valence-electron chi connectivity index (χ1n) is 8.39. The Hall–Kier alpha value is -2.82. The van der Waals surface area contributed by atoms with Gasteiger partial charge >= 0.3 is 0 Å². The highest BCUT2D eigenvalue weighted by Crippen LogP contribution is 2.21. The minimum atomic E-state index is 0.581. The van der Waals surface area contributed by atoms with Gasteiger partial charge in [0.1, 0.15) is 0 Å². The van der Waals surface area contributed by atoms with Crippen molar-refractivity contribution < 1.29 is 0 Å². The first-order chi connectivity index (χ1) is 12.2. The third-order valence-corrected chi connectivity index (χ3v) is 4.10. The molecule has 0 radical (unpaired) electrons. The number of hydrogen-bond donors (Lipinski definition) is 2. The van der Waals surface area contributed by atoms with Gasteiger partial charge in [0.05, 0.1) is 18.0 Å². The fraction of sp³-hybridized carbons (Fsp3) is 0.143. The van der Waals surface area contributed by atoms with Gasteiger partial charge in [-0.3, -0.25) is 9.91 Å². The molecule has 128 valence electrons. The lowest BCUT2D eigenvalue weighted by molar-refractivity contribution is 0.256. The predicted molar refractivity (Wildman–Crippen MR) is 105 cm³/mol. The van der Waals surface area contributed by atoms with Gasteiger partial charge in [-0.2, -0.15) is 0 Å². The Morgan fingerprint density at radius 2 is 1.12 bits per heavy atom. The average molecular weight is 332 g/mol. The van der Waals surface area contributed by atoms with E-state index in [0.29, 0.717) is 12.4 Å². The molecule has 0 aliphatic rings. The molecule has 4 nitrogen and oxygen atoms in total. The van der Waals surface area contributed by atoms with Crippen LogP contribution in [0.2, 0.25) is 0 Å². The molecule has 0 fully saturated rings. The van der Waals surface area contributed by atoms with Crippen molar-refractivity contribution in [2.45, 2.75) is 13.1 Å². The molecule has 0 atom stereocenters. The van der Waals surface area contributed by atoms with Crippen LogP contribution in [0.25, 0.3) is 0 Å². The van der Waals surface area contributed by atoms with Gasteiger partial charge in [-0.15, -0.1) is 0 Å². The van der Waals surface area contributed by atoms with E-state index in [1.807, 2.05) is 36.4 Å². The van der Waals surface area contributed by atoms with Crippen LogP contribution in [0.3, 0.4) is 0 Å². The first-order valence-corrected chi connectivity index (χ1v) is 8.39. The minimum absolute atomic E-state index is 0.581. The van der Waals surface area contributed by atoms with Gasteiger partial charge in [0.15, 0.2) is 0 Å². The zero-order chi connectivity index (χ0) is 17.5. The van der Waals surface area contributed by atoms with E-state index in [1.54, 1.807) is 5.01 Å². The van der Waals surface area contributed by atoms with Crippen molar-refractivity contribution in [2.24, 2.45) is 5.84 Å². The molecule has 0 unspecified atom stereocenters. The predicted octanol–water partition coefficient (Wildman–Crippen LogP) is 3.61. The van der Waals surface area contributed by atoms with Crippen LogP contribution in [-0.2, 0) is 13.1 Å². The molecule has 0 bridgehead atoms. The van der Waals surface area contributed by atoms with Crippen LogP contribution in [0.15, 0.2) is 84.9 Å². The second kappa shape index (κ2) is 8.33. The Balaban J connectivity index is 1.76.